The molecule has 0 amide bonds. The van der Waals surface area contributed by atoms with Gasteiger partial charge in [-0.25, -0.2) is 0 Å². The molecule has 1 aliphatic heterocycles. The second-order valence-corrected chi connectivity index (χ2v) is 6.35. The molecule has 1 aliphatic rings. The number of benzene rings is 1. The molecule has 2 heterocycles. The van der Waals surface area contributed by atoms with Gasteiger partial charge in [0.15, 0.2) is 5.16 Å². The zero-order chi connectivity index (χ0) is 14.8. The molecule has 5 nitrogen and oxygen atoms in total. The Morgan fingerprint density at radius 2 is 1.86 bits per heavy atom. The monoisotopic (exact) mass is 301 g/mol. The zero-order valence-corrected chi connectivity index (χ0v) is 13.2. The van der Waals surface area contributed by atoms with Gasteiger partial charge in [-0.2, -0.15) is 15.0 Å². The number of rotatable bonds is 3. The highest BCUT2D eigenvalue weighted by Gasteiger charge is 2.17. The van der Waals surface area contributed by atoms with Crippen LogP contribution in [-0.4, -0.2) is 28.0 Å². The molecule has 1 fully saturated rings. The van der Waals surface area contributed by atoms with E-state index in [0.717, 1.165) is 18.0 Å². The summed E-state index contributed by atoms with van der Waals surface area (Å²) in [5, 5.41) is 0.663. The maximum absolute atomic E-state index is 5.84. The van der Waals surface area contributed by atoms with Crippen LogP contribution in [0.15, 0.2) is 28.3 Å². The van der Waals surface area contributed by atoms with E-state index in [1.807, 2.05) is 0 Å². The van der Waals surface area contributed by atoms with Gasteiger partial charge in [0, 0.05) is 18.0 Å². The fourth-order valence-corrected chi connectivity index (χ4v) is 3.30. The van der Waals surface area contributed by atoms with E-state index in [1.165, 1.54) is 24.0 Å². The van der Waals surface area contributed by atoms with Crippen LogP contribution in [-0.2, 0) is 0 Å². The molecule has 3 rings (SSSR count). The lowest BCUT2D eigenvalue weighted by Gasteiger charge is -2.15. The number of hydrogen-bond donors (Lipinski definition) is 1. The van der Waals surface area contributed by atoms with Crippen LogP contribution in [0.2, 0.25) is 0 Å². The maximum atomic E-state index is 5.84. The first-order valence-electron chi connectivity index (χ1n) is 7.13. The van der Waals surface area contributed by atoms with Crippen molar-refractivity contribution in [3.05, 3.63) is 29.3 Å². The zero-order valence-electron chi connectivity index (χ0n) is 12.3. The lowest BCUT2D eigenvalue weighted by molar-refractivity contribution is 0.833. The molecule has 1 aromatic carbocycles. The summed E-state index contributed by atoms with van der Waals surface area (Å²) in [6.07, 6.45) is 2.37. The Balaban J connectivity index is 1.87. The molecule has 0 atom stereocenters. The van der Waals surface area contributed by atoms with Crippen LogP contribution >= 0.6 is 11.8 Å². The Morgan fingerprint density at radius 1 is 1.10 bits per heavy atom. The Morgan fingerprint density at radius 3 is 2.57 bits per heavy atom. The molecule has 0 radical (unpaired) electrons. The molecule has 0 bridgehead atoms. The van der Waals surface area contributed by atoms with Crippen LogP contribution in [0.25, 0.3) is 0 Å². The van der Waals surface area contributed by atoms with Gasteiger partial charge in [-0.1, -0.05) is 17.7 Å². The van der Waals surface area contributed by atoms with E-state index in [9.17, 15) is 0 Å². The van der Waals surface area contributed by atoms with E-state index in [2.05, 4.69) is 51.9 Å². The lowest BCUT2D eigenvalue weighted by atomic mass is 10.2. The highest BCUT2D eigenvalue weighted by Crippen LogP contribution is 2.29. The summed E-state index contributed by atoms with van der Waals surface area (Å²) < 4.78 is 0. The average molecular weight is 301 g/mol. The van der Waals surface area contributed by atoms with Gasteiger partial charge < -0.3 is 10.6 Å². The van der Waals surface area contributed by atoms with E-state index in [4.69, 9.17) is 5.73 Å². The van der Waals surface area contributed by atoms with Crippen LogP contribution in [0.5, 0.6) is 0 Å². The van der Waals surface area contributed by atoms with Crippen molar-refractivity contribution in [1.29, 1.82) is 0 Å². The SMILES string of the molecule is Cc1ccc(Sc2nc(N)nc(N3CCCC3)n2)c(C)c1. The van der Waals surface area contributed by atoms with Crippen molar-refractivity contribution in [3.8, 4) is 0 Å². The lowest BCUT2D eigenvalue weighted by Crippen LogP contribution is -2.21. The second-order valence-electron chi connectivity index (χ2n) is 5.34. The largest absolute Gasteiger partial charge is 0.368 e. The van der Waals surface area contributed by atoms with Crippen molar-refractivity contribution in [2.45, 2.75) is 36.7 Å². The van der Waals surface area contributed by atoms with Gasteiger partial charge in [0.25, 0.3) is 0 Å². The van der Waals surface area contributed by atoms with Crippen LogP contribution in [0.4, 0.5) is 11.9 Å². The topological polar surface area (TPSA) is 67.9 Å². The number of hydrogen-bond acceptors (Lipinski definition) is 6. The van der Waals surface area contributed by atoms with Gasteiger partial charge in [-0.05, 0) is 50.1 Å². The summed E-state index contributed by atoms with van der Waals surface area (Å²) in [4.78, 5) is 16.4. The summed E-state index contributed by atoms with van der Waals surface area (Å²) in [6.45, 7) is 6.18. The minimum atomic E-state index is 0.291. The van der Waals surface area contributed by atoms with Crippen LogP contribution in [0.1, 0.15) is 24.0 Å². The third-order valence-corrected chi connectivity index (χ3v) is 4.58. The predicted molar refractivity (Wildman–Crippen MR) is 85.7 cm³/mol. The van der Waals surface area contributed by atoms with E-state index >= 15 is 0 Å². The summed E-state index contributed by atoms with van der Waals surface area (Å²) in [5.74, 6) is 0.992. The van der Waals surface area contributed by atoms with Crippen LogP contribution in [0, 0.1) is 13.8 Å². The first-order valence-corrected chi connectivity index (χ1v) is 7.95. The normalized spacial score (nSPS) is 14.7. The van der Waals surface area contributed by atoms with E-state index in [1.54, 1.807) is 11.8 Å². The predicted octanol–water partition coefficient (Wildman–Crippen LogP) is 2.82. The fourth-order valence-electron chi connectivity index (χ4n) is 2.48. The number of anilines is 2. The molecule has 110 valence electrons. The van der Waals surface area contributed by atoms with Crippen molar-refractivity contribution in [2.24, 2.45) is 0 Å². The highest BCUT2D eigenvalue weighted by molar-refractivity contribution is 7.99. The Bertz CT molecular complexity index is 653. The number of nitrogen functional groups attached to an aromatic ring is 1. The second kappa shape index (κ2) is 5.89. The van der Waals surface area contributed by atoms with E-state index in [-0.39, 0.29) is 0 Å². The average Bonchev–Trinajstić information content (AvgIpc) is 2.95. The third kappa shape index (κ3) is 3.26. The number of aryl methyl sites for hydroxylation is 2. The summed E-state index contributed by atoms with van der Waals surface area (Å²) in [6, 6.07) is 6.36. The van der Waals surface area contributed by atoms with Crippen LogP contribution < -0.4 is 10.6 Å². The molecule has 1 saturated heterocycles. The van der Waals surface area contributed by atoms with Crippen molar-refractivity contribution >= 4 is 23.7 Å². The Hall–Kier alpha value is -1.82. The van der Waals surface area contributed by atoms with Gasteiger partial charge >= 0.3 is 0 Å². The molecular formula is C15H19N5S. The van der Waals surface area contributed by atoms with Gasteiger partial charge in [0.1, 0.15) is 0 Å². The minimum absolute atomic E-state index is 0.291. The molecule has 0 saturated carbocycles. The smallest absolute Gasteiger partial charge is 0.231 e. The summed E-state index contributed by atoms with van der Waals surface area (Å²) in [7, 11) is 0. The first kappa shape index (κ1) is 14.1. The quantitative estimate of drug-likeness (QED) is 0.940. The van der Waals surface area contributed by atoms with Gasteiger partial charge in [0.05, 0.1) is 0 Å². The van der Waals surface area contributed by atoms with Gasteiger partial charge in [-0.15, -0.1) is 0 Å². The van der Waals surface area contributed by atoms with Gasteiger partial charge in [0.2, 0.25) is 11.9 Å². The van der Waals surface area contributed by atoms with Gasteiger partial charge in [-0.3, -0.25) is 0 Å². The van der Waals surface area contributed by atoms with Crippen molar-refractivity contribution in [2.75, 3.05) is 23.7 Å². The van der Waals surface area contributed by atoms with E-state index in [0.29, 0.717) is 17.1 Å². The number of nitrogens with two attached hydrogens (primary N) is 1. The third-order valence-electron chi connectivity index (χ3n) is 3.54. The fraction of sp³-hybridized carbons (Fsp3) is 0.400. The summed E-state index contributed by atoms with van der Waals surface area (Å²) in [5.41, 5.74) is 8.32. The molecule has 0 unspecified atom stereocenters. The van der Waals surface area contributed by atoms with E-state index < -0.39 is 0 Å². The maximum Gasteiger partial charge on any atom is 0.231 e. The first-order chi connectivity index (χ1) is 10.1. The van der Waals surface area contributed by atoms with Crippen molar-refractivity contribution in [3.63, 3.8) is 0 Å². The summed E-state index contributed by atoms with van der Waals surface area (Å²) >= 11 is 1.54. The van der Waals surface area contributed by atoms with Crippen LogP contribution in [0.3, 0.4) is 0 Å². The Labute approximate surface area is 129 Å². The molecule has 1 aromatic heterocycles. The van der Waals surface area contributed by atoms with Crippen molar-refractivity contribution < 1.29 is 0 Å². The minimum Gasteiger partial charge on any atom is -0.368 e. The molecule has 0 spiro atoms. The standard InChI is InChI=1S/C15H19N5S/c1-10-5-6-12(11(2)9-10)21-15-18-13(16)17-14(19-15)20-7-3-4-8-20/h5-6,9H,3-4,7-8H2,1-2H3,(H2,16,17,18,19). The Kier molecular flexibility index (Phi) is 3.96. The number of nitrogens with zero attached hydrogens (tertiary/aromatic N) is 4. The molecular weight excluding hydrogens is 282 g/mol. The molecule has 2 aromatic rings. The molecule has 21 heavy (non-hydrogen) atoms. The molecule has 2 N–H and O–H groups in total. The molecule has 6 heteroatoms. The van der Waals surface area contributed by atoms with Crippen molar-refractivity contribution in [1.82, 2.24) is 15.0 Å². The number of aromatic nitrogens is 3. The molecule has 0 aliphatic carbocycles. The highest BCUT2D eigenvalue weighted by atomic mass is 32.2.